The van der Waals surface area contributed by atoms with Crippen molar-refractivity contribution in [1.29, 1.82) is 0 Å². The van der Waals surface area contributed by atoms with Crippen molar-refractivity contribution in [2.24, 2.45) is 0 Å². The number of hydrogen-bond acceptors (Lipinski definition) is 6. The number of rotatable bonds is 5. The van der Waals surface area contributed by atoms with Gasteiger partial charge >= 0.3 is 0 Å². The molecule has 6 heteroatoms. The van der Waals surface area contributed by atoms with Crippen LogP contribution in [0.1, 0.15) is 25.6 Å². The maximum absolute atomic E-state index is 5.42. The van der Waals surface area contributed by atoms with Crippen LogP contribution in [0, 0.1) is 0 Å². The van der Waals surface area contributed by atoms with E-state index in [0.29, 0.717) is 5.95 Å². The van der Waals surface area contributed by atoms with Gasteiger partial charge in [0.15, 0.2) is 0 Å². The number of aromatic nitrogens is 2. The van der Waals surface area contributed by atoms with Crippen LogP contribution in [0.4, 0.5) is 11.8 Å². The second-order valence-electron chi connectivity index (χ2n) is 4.45. The van der Waals surface area contributed by atoms with Crippen molar-refractivity contribution < 1.29 is 4.42 Å². The molecule has 0 aliphatic carbocycles. The van der Waals surface area contributed by atoms with E-state index >= 15 is 0 Å². The molecule has 3 heterocycles. The Labute approximate surface area is 121 Å². The average Bonchev–Trinajstić information content (AvgIpc) is 3.10. The van der Waals surface area contributed by atoms with Crippen LogP contribution in [0.15, 0.2) is 34.3 Å². The summed E-state index contributed by atoms with van der Waals surface area (Å²) in [5.41, 5.74) is 0. The normalized spacial score (nSPS) is 12.5. The second-order valence-corrected chi connectivity index (χ2v) is 5.34. The van der Waals surface area contributed by atoms with Gasteiger partial charge in [-0.3, -0.25) is 0 Å². The molecule has 0 aliphatic heterocycles. The number of fused-ring (bicyclic) bond motifs is 1. The molecule has 0 aliphatic rings. The first-order valence-electron chi connectivity index (χ1n) is 6.57. The maximum Gasteiger partial charge on any atom is 0.226 e. The largest absolute Gasteiger partial charge is 0.467 e. The van der Waals surface area contributed by atoms with Crippen LogP contribution in [0.5, 0.6) is 0 Å². The Morgan fingerprint density at radius 1 is 1.35 bits per heavy atom. The molecule has 1 unspecified atom stereocenters. The molecule has 0 radical (unpaired) electrons. The van der Waals surface area contributed by atoms with E-state index in [9.17, 15) is 0 Å². The Bertz CT molecular complexity index is 692. The van der Waals surface area contributed by atoms with Gasteiger partial charge in [-0.15, -0.1) is 11.3 Å². The van der Waals surface area contributed by atoms with Gasteiger partial charge in [0, 0.05) is 6.54 Å². The van der Waals surface area contributed by atoms with Gasteiger partial charge in [0.1, 0.15) is 16.4 Å². The third kappa shape index (κ3) is 2.46. The highest BCUT2D eigenvalue weighted by atomic mass is 32.1. The van der Waals surface area contributed by atoms with Gasteiger partial charge in [0.2, 0.25) is 5.95 Å². The number of furan rings is 1. The quantitative estimate of drug-likeness (QED) is 0.745. The summed E-state index contributed by atoms with van der Waals surface area (Å²) in [6, 6.07) is 5.93. The lowest BCUT2D eigenvalue weighted by Crippen LogP contribution is -2.10. The van der Waals surface area contributed by atoms with E-state index in [4.69, 9.17) is 4.42 Å². The fraction of sp³-hybridized carbons (Fsp3) is 0.286. The van der Waals surface area contributed by atoms with Crippen molar-refractivity contribution in [2.45, 2.75) is 19.9 Å². The van der Waals surface area contributed by atoms with Gasteiger partial charge in [-0.25, -0.2) is 4.98 Å². The summed E-state index contributed by atoms with van der Waals surface area (Å²) in [5, 5.41) is 9.62. The first-order valence-corrected chi connectivity index (χ1v) is 7.45. The van der Waals surface area contributed by atoms with E-state index in [1.807, 2.05) is 37.4 Å². The molecule has 3 aromatic heterocycles. The molecule has 3 aromatic rings. The molecule has 0 spiro atoms. The lowest BCUT2D eigenvalue weighted by molar-refractivity contribution is 0.490. The Balaban J connectivity index is 1.94. The van der Waals surface area contributed by atoms with Gasteiger partial charge in [0.05, 0.1) is 17.7 Å². The molecule has 0 aromatic carbocycles. The molecule has 5 nitrogen and oxygen atoms in total. The van der Waals surface area contributed by atoms with E-state index < -0.39 is 0 Å². The van der Waals surface area contributed by atoms with E-state index in [2.05, 4.69) is 20.6 Å². The summed E-state index contributed by atoms with van der Waals surface area (Å²) in [6.45, 7) is 4.87. The molecule has 0 saturated heterocycles. The minimum atomic E-state index is 0.0532. The van der Waals surface area contributed by atoms with E-state index in [0.717, 1.165) is 28.3 Å². The third-order valence-electron chi connectivity index (χ3n) is 2.98. The summed E-state index contributed by atoms with van der Waals surface area (Å²) in [5.74, 6) is 2.37. The predicted molar refractivity (Wildman–Crippen MR) is 82.3 cm³/mol. The van der Waals surface area contributed by atoms with Gasteiger partial charge in [-0.05, 0) is 37.4 Å². The van der Waals surface area contributed by atoms with Crippen molar-refractivity contribution in [1.82, 2.24) is 9.97 Å². The Kier molecular flexibility index (Phi) is 3.56. The molecule has 104 valence electrons. The van der Waals surface area contributed by atoms with Crippen molar-refractivity contribution in [2.75, 3.05) is 17.2 Å². The molecule has 0 amide bonds. The molecule has 3 rings (SSSR count). The zero-order valence-electron chi connectivity index (χ0n) is 11.4. The summed E-state index contributed by atoms with van der Waals surface area (Å²) in [6.07, 6.45) is 1.68. The van der Waals surface area contributed by atoms with E-state index in [1.54, 1.807) is 17.6 Å². The standard InChI is InChI=1S/C14H16N4OS/c1-3-15-14-17-12(10-6-8-20-13(10)18-14)16-9(2)11-5-4-7-19-11/h4-9H,3H2,1-2H3,(H2,15,16,17,18). The highest BCUT2D eigenvalue weighted by Gasteiger charge is 2.13. The molecular weight excluding hydrogens is 272 g/mol. The average molecular weight is 288 g/mol. The molecular formula is C14H16N4OS. The van der Waals surface area contributed by atoms with Gasteiger partial charge in [-0.2, -0.15) is 4.98 Å². The zero-order chi connectivity index (χ0) is 13.9. The third-order valence-corrected chi connectivity index (χ3v) is 3.79. The Hall–Kier alpha value is -2.08. The first-order chi connectivity index (χ1) is 9.78. The number of nitrogens with zero attached hydrogens (tertiary/aromatic N) is 2. The van der Waals surface area contributed by atoms with E-state index in [-0.39, 0.29) is 6.04 Å². The monoisotopic (exact) mass is 288 g/mol. The van der Waals surface area contributed by atoms with Crippen LogP contribution in [-0.4, -0.2) is 16.5 Å². The molecule has 1 atom stereocenters. The van der Waals surface area contributed by atoms with Crippen LogP contribution >= 0.6 is 11.3 Å². The van der Waals surface area contributed by atoms with Crippen molar-refractivity contribution >= 4 is 33.3 Å². The van der Waals surface area contributed by atoms with Crippen molar-refractivity contribution in [3.63, 3.8) is 0 Å². The fourth-order valence-electron chi connectivity index (χ4n) is 2.02. The number of hydrogen-bond donors (Lipinski definition) is 2. The Morgan fingerprint density at radius 3 is 3.00 bits per heavy atom. The molecule has 20 heavy (non-hydrogen) atoms. The predicted octanol–water partition coefficient (Wildman–Crippen LogP) is 3.89. The van der Waals surface area contributed by atoms with Crippen LogP contribution in [0.3, 0.4) is 0 Å². The maximum atomic E-state index is 5.42. The van der Waals surface area contributed by atoms with Crippen LogP contribution in [-0.2, 0) is 0 Å². The number of thiophene rings is 1. The van der Waals surface area contributed by atoms with Crippen LogP contribution in [0.25, 0.3) is 10.2 Å². The van der Waals surface area contributed by atoms with E-state index in [1.165, 1.54) is 0 Å². The summed E-state index contributed by atoms with van der Waals surface area (Å²) in [4.78, 5) is 10.0. The highest BCUT2D eigenvalue weighted by Crippen LogP contribution is 2.29. The molecule has 0 saturated carbocycles. The SMILES string of the molecule is CCNc1nc(NC(C)c2ccco2)c2ccsc2n1. The fourth-order valence-corrected chi connectivity index (χ4v) is 2.78. The smallest absolute Gasteiger partial charge is 0.226 e. The molecule has 0 fully saturated rings. The second kappa shape index (κ2) is 5.50. The first kappa shape index (κ1) is 12.9. The summed E-state index contributed by atoms with van der Waals surface area (Å²) < 4.78 is 5.42. The van der Waals surface area contributed by atoms with Crippen LogP contribution < -0.4 is 10.6 Å². The minimum absolute atomic E-state index is 0.0532. The lowest BCUT2D eigenvalue weighted by atomic mass is 10.2. The van der Waals surface area contributed by atoms with Gasteiger partial charge in [-0.1, -0.05) is 0 Å². The van der Waals surface area contributed by atoms with Crippen molar-refractivity contribution in [3.8, 4) is 0 Å². The summed E-state index contributed by atoms with van der Waals surface area (Å²) in [7, 11) is 0. The molecule has 2 N–H and O–H groups in total. The zero-order valence-corrected chi connectivity index (χ0v) is 12.2. The highest BCUT2D eigenvalue weighted by molar-refractivity contribution is 7.16. The number of nitrogens with one attached hydrogen (secondary N) is 2. The minimum Gasteiger partial charge on any atom is -0.467 e. The van der Waals surface area contributed by atoms with Crippen molar-refractivity contribution in [3.05, 3.63) is 35.6 Å². The van der Waals surface area contributed by atoms with Crippen LogP contribution in [0.2, 0.25) is 0 Å². The summed E-state index contributed by atoms with van der Waals surface area (Å²) >= 11 is 1.61. The number of anilines is 2. The Morgan fingerprint density at radius 2 is 2.25 bits per heavy atom. The molecule has 0 bridgehead atoms. The lowest BCUT2D eigenvalue weighted by Gasteiger charge is -2.14. The van der Waals surface area contributed by atoms with Gasteiger partial charge in [0.25, 0.3) is 0 Å². The van der Waals surface area contributed by atoms with Gasteiger partial charge < -0.3 is 15.1 Å². The topological polar surface area (TPSA) is 63.0 Å².